The van der Waals surface area contributed by atoms with E-state index in [1.807, 2.05) is 0 Å². The molecular formula is C28H28N2O5. The average molecular weight is 473 g/mol. The highest BCUT2D eigenvalue weighted by Crippen LogP contribution is 2.31. The molecule has 2 aromatic rings. The number of carbonyl (C=O) groups is 5. The molecule has 0 N–H and O–H groups in total. The van der Waals surface area contributed by atoms with Gasteiger partial charge < -0.3 is 0 Å². The van der Waals surface area contributed by atoms with Crippen molar-refractivity contribution in [3.63, 3.8) is 0 Å². The Kier molecular flexibility index (Phi) is 6.32. The van der Waals surface area contributed by atoms with Gasteiger partial charge >= 0.3 is 0 Å². The molecule has 2 heterocycles. The molecule has 1 saturated carbocycles. The molecule has 0 radical (unpaired) electrons. The van der Waals surface area contributed by atoms with Crippen molar-refractivity contribution in [2.75, 3.05) is 6.54 Å². The van der Waals surface area contributed by atoms with Crippen LogP contribution in [0.3, 0.4) is 0 Å². The average Bonchev–Trinajstić information content (AvgIpc) is 3.27. The molecule has 3 aliphatic rings. The summed E-state index contributed by atoms with van der Waals surface area (Å²) in [5, 5.41) is 0. The lowest BCUT2D eigenvalue weighted by Crippen LogP contribution is -2.43. The summed E-state index contributed by atoms with van der Waals surface area (Å²) >= 11 is 0. The zero-order valence-corrected chi connectivity index (χ0v) is 19.6. The van der Waals surface area contributed by atoms with Crippen LogP contribution in [0.4, 0.5) is 0 Å². The number of benzene rings is 2. The van der Waals surface area contributed by atoms with Gasteiger partial charge in [0.25, 0.3) is 23.6 Å². The molecule has 2 atom stereocenters. The van der Waals surface area contributed by atoms with Gasteiger partial charge in [0, 0.05) is 24.9 Å². The quantitative estimate of drug-likeness (QED) is 0.535. The number of hydrogen-bond donors (Lipinski definition) is 0. The highest BCUT2D eigenvalue weighted by Gasteiger charge is 2.41. The molecule has 4 amide bonds. The summed E-state index contributed by atoms with van der Waals surface area (Å²) in [6.07, 6.45) is 5.78. The summed E-state index contributed by atoms with van der Waals surface area (Å²) in [4.78, 5) is 66.8. The van der Waals surface area contributed by atoms with Gasteiger partial charge in [0.15, 0.2) is 0 Å². The summed E-state index contributed by atoms with van der Waals surface area (Å²) in [6, 6.07) is 13.0. The van der Waals surface area contributed by atoms with E-state index in [0.717, 1.165) is 25.7 Å². The Morgan fingerprint density at radius 3 is 1.80 bits per heavy atom. The maximum absolute atomic E-state index is 13.2. The van der Waals surface area contributed by atoms with Crippen molar-refractivity contribution in [3.8, 4) is 0 Å². The number of carbonyl (C=O) groups excluding carboxylic acids is 5. The van der Waals surface area contributed by atoms with Gasteiger partial charge in [-0.2, -0.15) is 0 Å². The number of fused-ring (bicyclic) bond motifs is 2. The molecule has 35 heavy (non-hydrogen) atoms. The highest BCUT2D eigenvalue weighted by molar-refractivity contribution is 6.22. The second-order valence-electron chi connectivity index (χ2n) is 9.62. The van der Waals surface area contributed by atoms with Crippen LogP contribution in [0, 0.1) is 5.92 Å². The zero-order chi connectivity index (χ0) is 24.5. The van der Waals surface area contributed by atoms with Crippen molar-refractivity contribution in [3.05, 3.63) is 70.8 Å². The number of Topliss-reactive ketones (excluding diaryl/α,β-unsaturated/α-hetero) is 1. The second kappa shape index (κ2) is 9.56. The van der Waals surface area contributed by atoms with Gasteiger partial charge in [-0.05, 0) is 56.4 Å². The zero-order valence-electron chi connectivity index (χ0n) is 19.6. The second-order valence-corrected chi connectivity index (χ2v) is 9.62. The molecule has 2 unspecified atom stereocenters. The van der Waals surface area contributed by atoms with Gasteiger partial charge in [0.1, 0.15) is 5.78 Å². The Morgan fingerprint density at radius 1 is 0.714 bits per heavy atom. The first-order valence-electron chi connectivity index (χ1n) is 12.4. The summed E-state index contributed by atoms with van der Waals surface area (Å²) < 4.78 is 0. The molecule has 1 fully saturated rings. The number of rotatable bonds is 8. The maximum atomic E-state index is 13.2. The largest absolute Gasteiger partial charge is 0.299 e. The summed E-state index contributed by atoms with van der Waals surface area (Å²) in [5.74, 6) is -1.03. The third kappa shape index (κ3) is 4.20. The Balaban J connectivity index is 1.32. The molecule has 2 aromatic carbocycles. The van der Waals surface area contributed by atoms with Gasteiger partial charge in [-0.3, -0.25) is 33.8 Å². The van der Waals surface area contributed by atoms with Crippen molar-refractivity contribution >= 4 is 29.4 Å². The predicted molar refractivity (Wildman–Crippen MR) is 128 cm³/mol. The third-order valence-corrected chi connectivity index (χ3v) is 7.53. The molecule has 0 spiro atoms. The van der Waals surface area contributed by atoms with E-state index in [-0.39, 0.29) is 36.1 Å². The maximum Gasteiger partial charge on any atom is 0.261 e. The summed E-state index contributed by atoms with van der Waals surface area (Å²) in [7, 11) is 0. The number of nitrogens with zero attached hydrogens (tertiary/aromatic N) is 2. The molecule has 0 aromatic heterocycles. The van der Waals surface area contributed by atoms with Crippen LogP contribution < -0.4 is 0 Å². The molecule has 2 aliphatic heterocycles. The Hall–Kier alpha value is -3.61. The van der Waals surface area contributed by atoms with Crippen molar-refractivity contribution in [1.29, 1.82) is 0 Å². The first-order chi connectivity index (χ1) is 17.0. The smallest absolute Gasteiger partial charge is 0.261 e. The minimum absolute atomic E-state index is 0.0443. The van der Waals surface area contributed by atoms with Crippen LogP contribution >= 0.6 is 0 Å². The Bertz CT molecular complexity index is 1150. The highest BCUT2D eigenvalue weighted by atomic mass is 16.2. The molecule has 7 nitrogen and oxygen atoms in total. The molecule has 180 valence electrons. The van der Waals surface area contributed by atoms with Gasteiger partial charge in [-0.25, -0.2) is 0 Å². The number of ketones is 1. The van der Waals surface area contributed by atoms with E-state index in [0.29, 0.717) is 53.7 Å². The van der Waals surface area contributed by atoms with Gasteiger partial charge in [0.05, 0.1) is 22.3 Å². The van der Waals surface area contributed by atoms with E-state index < -0.39 is 6.04 Å². The van der Waals surface area contributed by atoms with Crippen LogP contribution in [0.5, 0.6) is 0 Å². The lowest BCUT2D eigenvalue weighted by Gasteiger charge is -2.28. The first-order valence-corrected chi connectivity index (χ1v) is 12.4. The number of hydrogen-bond acceptors (Lipinski definition) is 5. The van der Waals surface area contributed by atoms with Crippen molar-refractivity contribution < 1.29 is 24.0 Å². The fraction of sp³-hybridized carbons (Fsp3) is 0.393. The minimum Gasteiger partial charge on any atom is -0.299 e. The van der Waals surface area contributed by atoms with Crippen LogP contribution in [0.25, 0.3) is 0 Å². The van der Waals surface area contributed by atoms with Gasteiger partial charge in [0.2, 0.25) is 0 Å². The third-order valence-electron chi connectivity index (χ3n) is 7.53. The Labute approximate surface area is 204 Å². The number of imide groups is 2. The normalized spacial score (nSPS) is 20.5. The van der Waals surface area contributed by atoms with E-state index in [2.05, 4.69) is 0 Å². The van der Waals surface area contributed by atoms with Crippen LogP contribution in [0.2, 0.25) is 0 Å². The summed E-state index contributed by atoms with van der Waals surface area (Å²) in [5.41, 5.74) is 1.52. The van der Waals surface area contributed by atoms with Crippen LogP contribution in [0.15, 0.2) is 48.5 Å². The SMILES string of the molecule is O=C1CCCCC1CCCC(CCN1C(=O)c2ccccc2C1=O)N1C(=O)c2ccccc2C1=O. The van der Waals surface area contributed by atoms with Crippen LogP contribution in [0.1, 0.15) is 92.8 Å². The fourth-order valence-electron chi connectivity index (χ4n) is 5.62. The molecular weight excluding hydrogens is 444 g/mol. The van der Waals surface area contributed by atoms with Crippen molar-refractivity contribution in [1.82, 2.24) is 9.80 Å². The van der Waals surface area contributed by atoms with E-state index >= 15 is 0 Å². The summed E-state index contributed by atoms with van der Waals surface area (Å²) in [6.45, 7) is 0.118. The fourth-order valence-corrected chi connectivity index (χ4v) is 5.62. The minimum atomic E-state index is -0.467. The van der Waals surface area contributed by atoms with E-state index in [4.69, 9.17) is 0 Å². The first kappa shape index (κ1) is 23.1. The van der Waals surface area contributed by atoms with Crippen LogP contribution in [-0.4, -0.2) is 51.8 Å². The molecule has 1 aliphatic carbocycles. The van der Waals surface area contributed by atoms with Gasteiger partial charge in [-0.15, -0.1) is 0 Å². The van der Waals surface area contributed by atoms with E-state index in [1.165, 1.54) is 9.80 Å². The predicted octanol–water partition coefficient (Wildman–Crippen LogP) is 4.27. The molecule has 5 rings (SSSR count). The lowest BCUT2D eigenvalue weighted by molar-refractivity contribution is -0.124. The van der Waals surface area contributed by atoms with Crippen molar-refractivity contribution in [2.24, 2.45) is 5.92 Å². The monoisotopic (exact) mass is 472 g/mol. The van der Waals surface area contributed by atoms with E-state index in [9.17, 15) is 24.0 Å². The molecule has 0 bridgehead atoms. The molecule has 0 saturated heterocycles. The lowest BCUT2D eigenvalue weighted by atomic mass is 9.84. The van der Waals surface area contributed by atoms with E-state index in [1.54, 1.807) is 48.5 Å². The van der Waals surface area contributed by atoms with Gasteiger partial charge in [-0.1, -0.05) is 37.1 Å². The van der Waals surface area contributed by atoms with Crippen molar-refractivity contribution in [2.45, 2.75) is 57.4 Å². The Morgan fingerprint density at radius 2 is 1.26 bits per heavy atom. The van der Waals surface area contributed by atoms with Crippen LogP contribution in [-0.2, 0) is 4.79 Å². The number of amides is 4. The standard InChI is InChI=1S/C28H28N2O5/c31-24-15-6-1-8-18(24)9-7-10-19(30-27(34)22-13-4-5-14-23(22)28(30)35)16-17-29-25(32)20-11-2-3-12-21(20)26(29)33/h2-5,11-14,18-19H,1,6-10,15-17H2. The molecule has 7 heteroatoms. The topological polar surface area (TPSA) is 91.8 Å².